The van der Waals surface area contributed by atoms with Crippen LogP contribution in [-0.4, -0.2) is 21.5 Å². The maximum atomic E-state index is 15.0. The van der Waals surface area contributed by atoms with Crippen molar-refractivity contribution in [3.05, 3.63) is 94.4 Å². The predicted molar refractivity (Wildman–Crippen MR) is 134 cm³/mol. The lowest BCUT2D eigenvalue weighted by Gasteiger charge is -2.23. The molecule has 0 spiro atoms. The number of hydrogen-bond donors (Lipinski definition) is 1. The summed E-state index contributed by atoms with van der Waals surface area (Å²) in [6.45, 7) is 2.77. The van der Waals surface area contributed by atoms with Crippen molar-refractivity contribution in [2.75, 3.05) is 6.61 Å². The molecule has 1 aliphatic heterocycles. The van der Waals surface area contributed by atoms with Gasteiger partial charge in [-0.25, -0.2) is 9.07 Å². The van der Waals surface area contributed by atoms with Gasteiger partial charge in [0.15, 0.2) is 6.23 Å². The summed E-state index contributed by atoms with van der Waals surface area (Å²) in [6, 6.07) is 18.0. The standard InChI is InChI=1S/C28H26ClFN2O2/c1-2-23(24-12-9-21(29)16-25(24)30)28(18-6-10-22(33)11-7-18)19-8-13-26-20(15-19)17-31-32(26)27-5-3-4-14-34-27/h6-13,15-17,27,33H,2-5,14H2,1H3/b28-23+. The van der Waals surface area contributed by atoms with E-state index in [2.05, 4.69) is 23.3 Å². The quantitative estimate of drug-likeness (QED) is 0.301. The first kappa shape index (κ1) is 22.6. The van der Waals surface area contributed by atoms with E-state index < -0.39 is 0 Å². The number of halogens is 2. The number of nitrogens with zero attached hydrogens (tertiary/aromatic N) is 2. The highest BCUT2D eigenvalue weighted by molar-refractivity contribution is 6.30. The Labute approximate surface area is 203 Å². The first-order valence-corrected chi connectivity index (χ1v) is 12.0. The third kappa shape index (κ3) is 4.33. The number of aromatic hydroxyl groups is 1. The molecule has 1 N–H and O–H groups in total. The molecular weight excluding hydrogens is 451 g/mol. The summed E-state index contributed by atoms with van der Waals surface area (Å²) in [5.41, 5.74) is 5.15. The number of fused-ring (bicyclic) bond motifs is 1. The lowest BCUT2D eigenvalue weighted by Crippen LogP contribution is -2.18. The van der Waals surface area contributed by atoms with Crippen LogP contribution in [0.5, 0.6) is 5.75 Å². The fourth-order valence-corrected chi connectivity index (χ4v) is 4.89. The van der Waals surface area contributed by atoms with E-state index in [1.165, 1.54) is 6.07 Å². The summed E-state index contributed by atoms with van der Waals surface area (Å²) in [5, 5.41) is 15.8. The molecule has 1 aliphatic rings. The SMILES string of the molecule is CC/C(=C(/c1ccc(O)cc1)c1ccc2c(cnn2C2CCCCO2)c1)c1ccc(Cl)cc1F. The van der Waals surface area contributed by atoms with Crippen molar-refractivity contribution in [3.63, 3.8) is 0 Å². The summed E-state index contributed by atoms with van der Waals surface area (Å²) in [4.78, 5) is 0. The van der Waals surface area contributed by atoms with Crippen LogP contribution in [0.2, 0.25) is 5.02 Å². The Balaban J connectivity index is 1.68. The van der Waals surface area contributed by atoms with Crippen LogP contribution in [-0.2, 0) is 4.74 Å². The molecule has 0 aliphatic carbocycles. The van der Waals surface area contributed by atoms with E-state index >= 15 is 4.39 Å². The molecule has 0 amide bonds. The second-order valence-corrected chi connectivity index (χ2v) is 9.00. The van der Waals surface area contributed by atoms with E-state index in [0.29, 0.717) is 17.0 Å². The van der Waals surface area contributed by atoms with Crippen molar-refractivity contribution in [1.82, 2.24) is 9.78 Å². The van der Waals surface area contributed by atoms with Gasteiger partial charge in [-0.3, -0.25) is 0 Å². The molecule has 1 atom stereocenters. The Hall–Kier alpha value is -3.15. The zero-order valence-electron chi connectivity index (χ0n) is 19.0. The van der Waals surface area contributed by atoms with Gasteiger partial charge in [-0.05, 0) is 84.4 Å². The number of ether oxygens (including phenoxy) is 1. The van der Waals surface area contributed by atoms with Gasteiger partial charge in [0.2, 0.25) is 0 Å². The third-order valence-corrected chi connectivity index (χ3v) is 6.62. The molecule has 0 radical (unpaired) electrons. The molecule has 1 aromatic heterocycles. The molecule has 6 heteroatoms. The highest BCUT2D eigenvalue weighted by atomic mass is 35.5. The fourth-order valence-electron chi connectivity index (χ4n) is 4.73. The molecule has 1 unspecified atom stereocenters. The normalized spacial score (nSPS) is 17.1. The molecule has 4 aromatic rings. The summed E-state index contributed by atoms with van der Waals surface area (Å²) >= 11 is 6.02. The molecule has 1 saturated heterocycles. The van der Waals surface area contributed by atoms with Gasteiger partial charge in [0.05, 0.1) is 11.7 Å². The van der Waals surface area contributed by atoms with Crippen LogP contribution in [0.25, 0.3) is 22.0 Å². The second kappa shape index (κ2) is 9.61. The Bertz CT molecular complexity index is 1350. The number of allylic oxidation sites excluding steroid dienone is 1. The van der Waals surface area contributed by atoms with E-state index in [1.807, 2.05) is 29.9 Å². The molecule has 4 nitrogen and oxygen atoms in total. The average molecular weight is 477 g/mol. The van der Waals surface area contributed by atoms with Gasteiger partial charge < -0.3 is 9.84 Å². The van der Waals surface area contributed by atoms with Crippen molar-refractivity contribution >= 4 is 33.7 Å². The lowest BCUT2D eigenvalue weighted by molar-refractivity contribution is -0.0366. The van der Waals surface area contributed by atoms with Crippen LogP contribution in [0.4, 0.5) is 4.39 Å². The predicted octanol–water partition coefficient (Wildman–Crippen LogP) is 7.60. The molecule has 5 rings (SSSR count). The Kier molecular flexibility index (Phi) is 6.40. The highest BCUT2D eigenvalue weighted by Gasteiger charge is 2.20. The topological polar surface area (TPSA) is 47.3 Å². The zero-order valence-corrected chi connectivity index (χ0v) is 19.7. The maximum absolute atomic E-state index is 15.0. The fraction of sp³-hybridized carbons (Fsp3) is 0.250. The van der Waals surface area contributed by atoms with Crippen molar-refractivity contribution in [2.24, 2.45) is 0 Å². The number of phenols is 1. The smallest absolute Gasteiger partial charge is 0.150 e. The van der Waals surface area contributed by atoms with Crippen molar-refractivity contribution in [3.8, 4) is 5.75 Å². The molecular formula is C28H26ClFN2O2. The van der Waals surface area contributed by atoms with Crippen LogP contribution in [0.1, 0.15) is 55.5 Å². The number of benzene rings is 3. The lowest BCUT2D eigenvalue weighted by atomic mass is 9.87. The van der Waals surface area contributed by atoms with Crippen LogP contribution < -0.4 is 0 Å². The van der Waals surface area contributed by atoms with E-state index in [4.69, 9.17) is 16.3 Å². The number of aromatic nitrogens is 2. The first-order chi connectivity index (χ1) is 16.5. The Morgan fingerprint density at radius 2 is 1.88 bits per heavy atom. The van der Waals surface area contributed by atoms with Crippen LogP contribution >= 0.6 is 11.6 Å². The zero-order chi connectivity index (χ0) is 23.7. The number of phenolic OH excluding ortho intramolecular Hbond substituents is 1. The van der Waals surface area contributed by atoms with Gasteiger partial charge >= 0.3 is 0 Å². The molecule has 34 heavy (non-hydrogen) atoms. The van der Waals surface area contributed by atoms with Gasteiger partial charge in [-0.1, -0.05) is 42.8 Å². The molecule has 3 aromatic carbocycles. The molecule has 0 saturated carbocycles. The van der Waals surface area contributed by atoms with E-state index in [9.17, 15) is 5.11 Å². The molecule has 2 heterocycles. The largest absolute Gasteiger partial charge is 0.508 e. The van der Waals surface area contributed by atoms with Gasteiger partial charge in [-0.2, -0.15) is 5.10 Å². The van der Waals surface area contributed by atoms with Gasteiger partial charge in [0, 0.05) is 22.6 Å². The van der Waals surface area contributed by atoms with E-state index in [0.717, 1.165) is 59.0 Å². The minimum Gasteiger partial charge on any atom is -0.508 e. The molecule has 0 bridgehead atoms. The third-order valence-electron chi connectivity index (χ3n) is 6.38. The number of hydrogen-bond acceptors (Lipinski definition) is 3. The summed E-state index contributed by atoms with van der Waals surface area (Å²) in [5.74, 6) is -0.174. The monoisotopic (exact) mass is 476 g/mol. The summed E-state index contributed by atoms with van der Waals surface area (Å²) in [7, 11) is 0. The van der Waals surface area contributed by atoms with E-state index in [-0.39, 0.29) is 17.8 Å². The first-order valence-electron chi connectivity index (χ1n) is 11.6. The van der Waals surface area contributed by atoms with Crippen molar-refractivity contribution in [2.45, 2.75) is 38.8 Å². The van der Waals surface area contributed by atoms with Crippen LogP contribution in [0.3, 0.4) is 0 Å². The van der Waals surface area contributed by atoms with Crippen LogP contribution in [0.15, 0.2) is 66.9 Å². The van der Waals surface area contributed by atoms with Gasteiger partial charge in [0.25, 0.3) is 0 Å². The van der Waals surface area contributed by atoms with Gasteiger partial charge in [0.1, 0.15) is 11.6 Å². The number of rotatable bonds is 5. The molecule has 174 valence electrons. The average Bonchev–Trinajstić information content (AvgIpc) is 3.28. The van der Waals surface area contributed by atoms with Crippen LogP contribution in [0, 0.1) is 5.82 Å². The van der Waals surface area contributed by atoms with E-state index in [1.54, 1.807) is 24.3 Å². The second-order valence-electron chi connectivity index (χ2n) is 8.56. The molecule has 1 fully saturated rings. The minimum atomic E-state index is -0.357. The highest BCUT2D eigenvalue weighted by Crippen LogP contribution is 2.38. The van der Waals surface area contributed by atoms with Crippen molar-refractivity contribution < 1.29 is 14.2 Å². The summed E-state index contributed by atoms with van der Waals surface area (Å²) in [6.07, 6.45) is 5.60. The summed E-state index contributed by atoms with van der Waals surface area (Å²) < 4.78 is 22.9. The Morgan fingerprint density at radius 3 is 2.59 bits per heavy atom. The maximum Gasteiger partial charge on any atom is 0.150 e. The van der Waals surface area contributed by atoms with Crippen molar-refractivity contribution in [1.29, 1.82) is 0 Å². The van der Waals surface area contributed by atoms with Gasteiger partial charge in [-0.15, -0.1) is 0 Å². The minimum absolute atomic E-state index is 0.0430. The Morgan fingerprint density at radius 1 is 1.09 bits per heavy atom.